The van der Waals surface area contributed by atoms with Crippen LogP contribution < -0.4 is 10.9 Å². The zero-order valence-corrected chi connectivity index (χ0v) is 10.8. The largest absolute Gasteiger partial charge is 0.346 e. The number of nitrogens with one attached hydrogen (secondary N) is 2. The summed E-state index contributed by atoms with van der Waals surface area (Å²) in [6.07, 6.45) is 0.299. The molecule has 1 aromatic heterocycles. The van der Waals surface area contributed by atoms with Crippen molar-refractivity contribution in [3.8, 4) is 0 Å². The van der Waals surface area contributed by atoms with Gasteiger partial charge in [-0.2, -0.15) is 5.10 Å². The molecular formula is C12H16N4O3. The minimum atomic E-state index is -0.389. The van der Waals surface area contributed by atoms with Gasteiger partial charge >= 0.3 is 0 Å². The molecule has 1 aliphatic rings. The highest BCUT2D eigenvalue weighted by Gasteiger charge is 2.32. The summed E-state index contributed by atoms with van der Waals surface area (Å²) in [6.45, 7) is 4.38. The zero-order valence-electron chi connectivity index (χ0n) is 10.8. The van der Waals surface area contributed by atoms with Crippen molar-refractivity contribution in [2.45, 2.75) is 32.4 Å². The lowest BCUT2D eigenvalue weighted by atomic mass is 10.2. The van der Waals surface area contributed by atoms with E-state index in [1.165, 1.54) is 12.1 Å². The van der Waals surface area contributed by atoms with E-state index in [-0.39, 0.29) is 35.2 Å². The lowest BCUT2D eigenvalue weighted by molar-refractivity contribution is -0.129. The first-order chi connectivity index (χ1) is 8.97. The first-order valence-electron chi connectivity index (χ1n) is 6.13. The fourth-order valence-electron chi connectivity index (χ4n) is 2.06. The molecule has 1 atom stereocenters. The van der Waals surface area contributed by atoms with Gasteiger partial charge in [0, 0.05) is 25.1 Å². The average Bonchev–Trinajstić information content (AvgIpc) is 2.71. The third-order valence-corrected chi connectivity index (χ3v) is 3.03. The summed E-state index contributed by atoms with van der Waals surface area (Å²) in [7, 11) is 0. The van der Waals surface area contributed by atoms with Crippen LogP contribution >= 0.6 is 0 Å². The van der Waals surface area contributed by atoms with Crippen LogP contribution in [0.15, 0.2) is 16.9 Å². The summed E-state index contributed by atoms with van der Waals surface area (Å²) in [4.78, 5) is 36.1. The standard InChI is InChI=1S/C12H16N4O3/c1-7(2)16-6-8(5-11(16)18)13-12(19)9-3-4-10(17)15-14-9/h3-4,7-8H,5-6H2,1-2H3,(H,13,19)(H,15,17). The minimum absolute atomic E-state index is 0.0368. The maximum absolute atomic E-state index is 11.9. The van der Waals surface area contributed by atoms with E-state index in [0.29, 0.717) is 13.0 Å². The molecule has 19 heavy (non-hydrogen) atoms. The summed E-state index contributed by atoms with van der Waals surface area (Å²) in [6, 6.07) is 2.50. The highest BCUT2D eigenvalue weighted by Crippen LogP contribution is 2.14. The van der Waals surface area contributed by atoms with Crippen LogP contribution in [-0.2, 0) is 4.79 Å². The molecule has 2 rings (SSSR count). The van der Waals surface area contributed by atoms with Gasteiger partial charge in [0.2, 0.25) is 5.91 Å². The van der Waals surface area contributed by atoms with E-state index in [1.807, 2.05) is 13.8 Å². The molecule has 0 spiro atoms. The van der Waals surface area contributed by atoms with Crippen LogP contribution in [0.2, 0.25) is 0 Å². The number of hydrogen-bond donors (Lipinski definition) is 2. The van der Waals surface area contributed by atoms with Crippen LogP contribution in [-0.4, -0.2) is 45.5 Å². The Morgan fingerprint density at radius 1 is 1.47 bits per heavy atom. The predicted molar refractivity (Wildman–Crippen MR) is 67.6 cm³/mol. The molecule has 2 heterocycles. The van der Waals surface area contributed by atoms with E-state index in [2.05, 4.69) is 15.5 Å². The first-order valence-corrected chi connectivity index (χ1v) is 6.13. The topological polar surface area (TPSA) is 95.2 Å². The average molecular weight is 264 g/mol. The third-order valence-electron chi connectivity index (χ3n) is 3.03. The number of hydrogen-bond acceptors (Lipinski definition) is 4. The summed E-state index contributed by atoms with van der Waals surface area (Å²) in [5, 5.41) is 8.59. The fourth-order valence-corrected chi connectivity index (χ4v) is 2.06. The molecule has 0 bridgehead atoms. The van der Waals surface area contributed by atoms with Crippen molar-refractivity contribution in [3.63, 3.8) is 0 Å². The van der Waals surface area contributed by atoms with E-state index >= 15 is 0 Å². The van der Waals surface area contributed by atoms with E-state index in [1.54, 1.807) is 4.90 Å². The number of aromatic nitrogens is 2. The fraction of sp³-hybridized carbons (Fsp3) is 0.500. The Labute approximate surface area is 110 Å². The van der Waals surface area contributed by atoms with Crippen molar-refractivity contribution < 1.29 is 9.59 Å². The Bertz CT molecular complexity index is 532. The van der Waals surface area contributed by atoms with Gasteiger partial charge in [0.15, 0.2) is 0 Å². The maximum atomic E-state index is 11.9. The molecule has 0 radical (unpaired) electrons. The second-order valence-electron chi connectivity index (χ2n) is 4.82. The zero-order chi connectivity index (χ0) is 14.0. The molecule has 1 aliphatic heterocycles. The molecule has 2 N–H and O–H groups in total. The highest BCUT2D eigenvalue weighted by molar-refractivity contribution is 5.93. The van der Waals surface area contributed by atoms with Crippen molar-refractivity contribution in [1.29, 1.82) is 0 Å². The quantitative estimate of drug-likeness (QED) is 0.770. The van der Waals surface area contributed by atoms with Crippen molar-refractivity contribution in [2.24, 2.45) is 0 Å². The van der Waals surface area contributed by atoms with Gasteiger partial charge in [0.1, 0.15) is 5.69 Å². The number of aromatic amines is 1. The predicted octanol–water partition coefficient (Wildman–Crippen LogP) is -0.491. The molecule has 7 heteroatoms. The molecule has 1 unspecified atom stereocenters. The lowest BCUT2D eigenvalue weighted by Gasteiger charge is -2.21. The van der Waals surface area contributed by atoms with E-state index in [9.17, 15) is 14.4 Å². The lowest BCUT2D eigenvalue weighted by Crippen LogP contribution is -2.39. The smallest absolute Gasteiger partial charge is 0.272 e. The van der Waals surface area contributed by atoms with E-state index in [4.69, 9.17) is 0 Å². The maximum Gasteiger partial charge on any atom is 0.272 e. The van der Waals surface area contributed by atoms with Crippen molar-refractivity contribution in [3.05, 3.63) is 28.2 Å². The number of likely N-dealkylation sites (tertiary alicyclic amines) is 1. The first kappa shape index (κ1) is 13.3. The molecule has 102 valence electrons. The molecule has 1 saturated heterocycles. The number of amides is 2. The molecular weight excluding hydrogens is 248 g/mol. The number of carbonyl (C=O) groups excluding carboxylic acids is 2. The van der Waals surface area contributed by atoms with Gasteiger partial charge in [-0.25, -0.2) is 5.10 Å². The summed E-state index contributed by atoms with van der Waals surface area (Å²) < 4.78 is 0. The van der Waals surface area contributed by atoms with Gasteiger partial charge in [-0.3, -0.25) is 14.4 Å². The van der Waals surface area contributed by atoms with Crippen LogP contribution in [0, 0.1) is 0 Å². The summed E-state index contributed by atoms with van der Waals surface area (Å²) >= 11 is 0. The molecule has 0 saturated carbocycles. The molecule has 7 nitrogen and oxygen atoms in total. The normalized spacial score (nSPS) is 19.0. The Morgan fingerprint density at radius 2 is 2.21 bits per heavy atom. The third kappa shape index (κ3) is 2.98. The van der Waals surface area contributed by atoms with Crippen LogP contribution in [0.5, 0.6) is 0 Å². The van der Waals surface area contributed by atoms with Crippen LogP contribution in [0.3, 0.4) is 0 Å². The Hall–Kier alpha value is -2.18. The van der Waals surface area contributed by atoms with Gasteiger partial charge in [-0.05, 0) is 19.9 Å². The van der Waals surface area contributed by atoms with Crippen molar-refractivity contribution in [1.82, 2.24) is 20.4 Å². The molecule has 0 aliphatic carbocycles. The van der Waals surface area contributed by atoms with E-state index < -0.39 is 0 Å². The SMILES string of the molecule is CC(C)N1CC(NC(=O)c2ccc(=O)[nH]n2)CC1=O. The molecule has 0 aromatic carbocycles. The second kappa shape index (κ2) is 5.21. The summed E-state index contributed by atoms with van der Waals surface area (Å²) in [5.41, 5.74) is -0.228. The highest BCUT2D eigenvalue weighted by atomic mass is 16.2. The van der Waals surface area contributed by atoms with Gasteiger partial charge in [-0.15, -0.1) is 0 Å². The summed E-state index contributed by atoms with van der Waals surface area (Å²) in [5.74, 6) is -0.352. The monoisotopic (exact) mass is 264 g/mol. The minimum Gasteiger partial charge on any atom is -0.346 e. The van der Waals surface area contributed by atoms with Crippen LogP contribution in [0.25, 0.3) is 0 Å². The van der Waals surface area contributed by atoms with Crippen molar-refractivity contribution >= 4 is 11.8 Å². The van der Waals surface area contributed by atoms with Gasteiger partial charge < -0.3 is 10.2 Å². The van der Waals surface area contributed by atoms with Gasteiger partial charge in [-0.1, -0.05) is 0 Å². The molecule has 2 amide bonds. The second-order valence-corrected chi connectivity index (χ2v) is 4.82. The number of rotatable bonds is 3. The van der Waals surface area contributed by atoms with Gasteiger partial charge in [0.25, 0.3) is 11.5 Å². The van der Waals surface area contributed by atoms with E-state index in [0.717, 1.165) is 0 Å². The molecule has 1 aromatic rings. The van der Waals surface area contributed by atoms with Crippen molar-refractivity contribution in [2.75, 3.05) is 6.54 Å². The van der Waals surface area contributed by atoms with Crippen LogP contribution in [0.4, 0.5) is 0 Å². The van der Waals surface area contributed by atoms with Gasteiger partial charge in [0.05, 0.1) is 6.04 Å². The molecule has 1 fully saturated rings. The number of carbonyl (C=O) groups is 2. The Kier molecular flexibility index (Phi) is 3.64. The van der Waals surface area contributed by atoms with Crippen LogP contribution in [0.1, 0.15) is 30.8 Å². The number of H-pyrrole nitrogens is 1. The Morgan fingerprint density at radius 3 is 2.74 bits per heavy atom. The number of nitrogens with zero attached hydrogens (tertiary/aromatic N) is 2. The Balaban J connectivity index is 1.99.